The number of hydrogen-bond donors (Lipinski definition) is 2. The molecule has 4 heteroatoms. The molecular formula is C6H13NO3. The summed E-state index contributed by atoms with van der Waals surface area (Å²) in [6.07, 6.45) is 0. The van der Waals surface area contributed by atoms with Gasteiger partial charge in [-0.05, 0) is 5.41 Å². The van der Waals surface area contributed by atoms with Crippen LogP contribution in [0.1, 0.15) is 20.8 Å². The van der Waals surface area contributed by atoms with Gasteiger partial charge in [0.25, 0.3) is 0 Å². The molecule has 0 aliphatic heterocycles. The maximum atomic E-state index is 10.6. The van der Waals surface area contributed by atoms with Crippen LogP contribution in [0.2, 0.25) is 0 Å². The summed E-state index contributed by atoms with van der Waals surface area (Å²) in [6.45, 7) is 5.36. The van der Waals surface area contributed by atoms with Crippen molar-refractivity contribution in [1.29, 1.82) is 0 Å². The van der Waals surface area contributed by atoms with E-state index < -0.39 is 12.0 Å². The molecule has 0 aliphatic rings. The van der Waals surface area contributed by atoms with Crippen molar-refractivity contribution >= 4 is 5.97 Å². The van der Waals surface area contributed by atoms with Crippen molar-refractivity contribution in [3.8, 4) is 0 Å². The summed E-state index contributed by atoms with van der Waals surface area (Å²) in [7, 11) is 0. The second kappa shape index (κ2) is 2.98. The number of rotatable bonds is 1. The molecule has 4 nitrogen and oxygen atoms in total. The molecule has 0 aromatic carbocycles. The minimum atomic E-state index is -0.799. The van der Waals surface area contributed by atoms with E-state index in [1.54, 1.807) is 20.8 Å². The third-order valence-electron chi connectivity index (χ3n) is 1.28. The van der Waals surface area contributed by atoms with Crippen LogP contribution in [0.3, 0.4) is 0 Å². The van der Waals surface area contributed by atoms with Crippen LogP contribution >= 0.6 is 0 Å². The smallest absolute Gasteiger partial charge is 0.318 e. The standard InChI is InChI=1S/C6H13NO3/c1-6(2,3)4(7)5(8)10-9/h4,9H,7H2,1-3H3. The second-order valence-corrected chi connectivity index (χ2v) is 3.25. The molecule has 0 saturated carbocycles. The maximum absolute atomic E-state index is 10.6. The first-order chi connectivity index (χ1) is 4.39. The molecule has 0 heterocycles. The zero-order chi connectivity index (χ0) is 8.36. The van der Waals surface area contributed by atoms with Crippen LogP contribution in [0.5, 0.6) is 0 Å². The second-order valence-electron chi connectivity index (χ2n) is 3.25. The van der Waals surface area contributed by atoms with E-state index in [-0.39, 0.29) is 5.41 Å². The maximum Gasteiger partial charge on any atom is 0.359 e. The van der Waals surface area contributed by atoms with Crippen molar-refractivity contribution in [3.63, 3.8) is 0 Å². The molecule has 1 atom stereocenters. The van der Waals surface area contributed by atoms with Gasteiger partial charge >= 0.3 is 5.97 Å². The first-order valence-corrected chi connectivity index (χ1v) is 3.00. The Morgan fingerprint density at radius 1 is 1.60 bits per heavy atom. The summed E-state index contributed by atoms with van der Waals surface area (Å²) < 4.78 is 0. The molecule has 0 aromatic rings. The minimum Gasteiger partial charge on any atom is -0.318 e. The largest absolute Gasteiger partial charge is 0.359 e. The van der Waals surface area contributed by atoms with Gasteiger partial charge in [0.1, 0.15) is 6.04 Å². The third-order valence-corrected chi connectivity index (χ3v) is 1.28. The number of hydrogen-bond acceptors (Lipinski definition) is 4. The van der Waals surface area contributed by atoms with Gasteiger partial charge in [-0.25, -0.2) is 4.79 Å². The van der Waals surface area contributed by atoms with Crippen LogP contribution in [0.15, 0.2) is 0 Å². The van der Waals surface area contributed by atoms with Crippen molar-refractivity contribution in [2.45, 2.75) is 26.8 Å². The van der Waals surface area contributed by atoms with E-state index in [0.717, 1.165) is 0 Å². The van der Waals surface area contributed by atoms with E-state index in [9.17, 15) is 4.79 Å². The number of nitrogens with two attached hydrogens (primary N) is 1. The Kier molecular flexibility index (Phi) is 2.80. The molecule has 0 amide bonds. The van der Waals surface area contributed by atoms with Gasteiger partial charge in [0, 0.05) is 0 Å². The molecule has 0 fully saturated rings. The Bertz CT molecular complexity index is 127. The van der Waals surface area contributed by atoms with Gasteiger partial charge in [0.2, 0.25) is 0 Å². The molecule has 0 bridgehead atoms. The quantitative estimate of drug-likeness (QED) is 0.415. The van der Waals surface area contributed by atoms with Gasteiger partial charge in [-0.1, -0.05) is 20.8 Å². The van der Waals surface area contributed by atoms with E-state index in [1.807, 2.05) is 0 Å². The van der Waals surface area contributed by atoms with Crippen LogP contribution in [0.25, 0.3) is 0 Å². The van der Waals surface area contributed by atoms with Gasteiger partial charge < -0.3 is 5.73 Å². The highest BCUT2D eigenvalue weighted by atomic mass is 17.1. The topological polar surface area (TPSA) is 72.6 Å². The van der Waals surface area contributed by atoms with Gasteiger partial charge in [-0.2, -0.15) is 5.26 Å². The summed E-state index contributed by atoms with van der Waals surface area (Å²) in [5.41, 5.74) is 5.00. The zero-order valence-corrected chi connectivity index (χ0v) is 6.42. The van der Waals surface area contributed by atoms with Crippen molar-refractivity contribution in [2.75, 3.05) is 0 Å². The molecule has 0 saturated heterocycles. The summed E-state index contributed by atoms with van der Waals surface area (Å²) in [4.78, 5) is 14.0. The molecule has 10 heavy (non-hydrogen) atoms. The highest BCUT2D eigenvalue weighted by molar-refractivity contribution is 5.75. The molecule has 1 unspecified atom stereocenters. The molecule has 60 valence electrons. The van der Waals surface area contributed by atoms with Gasteiger partial charge in [0.15, 0.2) is 0 Å². The number of carbonyl (C=O) groups excluding carboxylic acids is 1. The molecular weight excluding hydrogens is 134 g/mol. The van der Waals surface area contributed by atoms with Crippen LogP contribution in [0, 0.1) is 5.41 Å². The lowest BCUT2D eigenvalue weighted by Gasteiger charge is -2.23. The predicted molar refractivity (Wildman–Crippen MR) is 36.2 cm³/mol. The summed E-state index contributed by atoms with van der Waals surface area (Å²) in [5, 5.41) is 7.94. The van der Waals surface area contributed by atoms with E-state index in [4.69, 9.17) is 11.0 Å². The van der Waals surface area contributed by atoms with Crippen LogP contribution in [-0.2, 0) is 9.68 Å². The van der Waals surface area contributed by atoms with Crippen molar-refractivity contribution < 1.29 is 14.9 Å². The highest BCUT2D eigenvalue weighted by Gasteiger charge is 2.28. The molecule has 0 aliphatic carbocycles. The predicted octanol–water partition coefficient (Wildman–Crippen LogP) is 0.376. The molecule has 0 rings (SSSR count). The molecule has 0 aromatic heterocycles. The van der Waals surface area contributed by atoms with Crippen LogP contribution in [0.4, 0.5) is 0 Å². The van der Waals surface area contributed by atoms with Gasteiger partial charge in [0.05, 0.1) is 0 Å². The fourth-order valence-corrected chi connectivity index (χ4v) is 0.410. The normalized spacial score (nSPS) is 14.5. The van der Waals surface area contributed by atoms with Gasteiger partial charge in [-0.15, -0.1) is 0 Å². The Hall–Kier alpha value is -0.610. The van der Waals surface area contributed by atoms with E-state index in [0.29, 0.717) is 0 Å². The van der Waals surface area contributed by atoms with Crippen LogP contribution in [-0.4, -0.2) is 17.3 Å². The lowest BCUT2D eigenvalue weighted by atomic mass is 9.88. The Morgan fingerprint density at radius 3 is 2.10 bits per heavy atom. The monoisotopic (exact) mass is 147 g/mol. The molecule has 0 spiro atoms. The highest BCUT2D eigenvalue weighted by Crippen LogP contribution is 2.17. The average Bonchev–Trinajstić information content (AvgIpc) is 1.83. The van der Waals surface area contributed by atoms with Crippen LogP contribution < -0.4 is 5.73 Å². The fourth-order valence-electron chi connectivity index (χ4n) is 0.410. The first-order valence-electron chi connectivity index (χ1n) is 3.00. The number of carbonyl (C=O) groups is 1. The lowest BCUT2D eigenvalue weighted by molar-refractivity contribution is -0.237. The molecule has 3 N–H and O–H groups in total. The summed E-state index contributed by atoms with van der Waals surface area (Å²) in [5.74, 6) is -0.799. The Morgan fingerprint density at radius 2 is 2.00 bits per heavy atom. The zero-order valence-electron chi connectivity index (χ0n) is 6.42. The minimum absolute atomic E-state index is 0.375. The first kappa shape index (κ1) is 9.39. The average molecular weight is 147 g/mol. The lowest BCUT2D eigenvalue weighted by Crippen LogP contribution is -2.42. The van der Waals surface area contributed by atoms with E-state index in [1.165, 1.54) is 0 Å². The summed E-state index contributed by atoms with van der Waals surface area (Å²) in [6, 6.07) is -0.780. The van der Waals surface area contributed by atoms with E-state index in [2.05, 4.69) is 4.89 Å². The van der Waals surface area contributed by atoms with Gasteiger partial charge in [-0.3, -0.25) is 4.89 Å². The summed E-state index contributed by atoms with van der Waals surface area (Å²) >= 11 is 0. The Balaban J connectivity index is 4.08. The fraction of sp³-hybridized carbons (Fsp3) is 0.833. The van der Waals surface area contributed by atoms with Crippen molar-refractivity contribution in [2.24, 2.45) is 11.1 Å². The van der Waals surface area contributed by atoms with E-state index >= 15 is 0 Å². The third kappa shape index (κ3) is 2.33. The van der Waals surface area contributed by atoms with Crippen molar-refractivity contribution in [3.05, 3.63) is 0 Å². The SMILES string of the molecule is CC(C)(C)C(N)C(=O)OO. The van der Waals surface area contributed by atoms with Crippen molar-refractivity contribution in [1.82, 2.24) is 0 Å². The Labute approximate surface area is 59.9 Å². The molecule has 0 radical (unpaired) electrons.